The van der Waals surface area contributed by atoms with Crippen LogP contribution >= 0.6 is 0 Å². The van der Waals surface area contributed by atoms with Crippen molar-refractivity contribution in [3.05, 3.63) is 29.8 Å². The molecule has 2 fully saturated rings. The normalized spacial score (nSPS) is 26.2. The van der Waals surface area contributed by atoms with E-state index in [4.69, 9.17) is 4.74 Å². The number of carbonyl (C=O) groups is 1. The van der Waals surface area contributed by atoms with E-state index in [9.17, 15) is 13.2 Å². The molecule has 2 atom stereocenters. The lowest BCUT2D eigenvalue weighted by Gasteiger charge is -2.43. The number of amides is 1. The Kier molecular flexibility index (Phi) is 4.83. The third kappa shape index (κ3) is 3.57. The topological polar surface area (TPSA) is 66.9 Å². The fourth-order valence-corrected chi connectivity index (χ4v) is 5.72. The lowest BCUT2D eigenvalue weighted by Crippen LogP contribution is -2.59. The number of sulfone groups is 1. The number of rotatable bonds is 4. The maximum atomic E-state index is 12.1. The first-order valence-electron chi connectivity index (χ1n) is 8.33. The molecule has 0 N–H and O–H groups in total. The summed E-state index contributed by atoms with van der Waals surface area (Å²) >= 11 is 0. The van der Waals surface area contributed by atoms with Gasteiger partial charge < -0.3 is 9.64 Å². The molecule has 132 valence electrons. The SMILES string of the molecule is CCOc1ccc(CN2CCN(C(C)=O)[C@@H]3CS(=O)(=O)C[C@@H]32)cc1. The molecule has 1 amide bonds. The molecule has 6 nitrogen and oxygen atoms in total. The van der Waals surface area contributed by atoms with E-state index in [2.05, 4.69) is 4.90 Å². The van der Waals surface area contributed by atoms with Crippen LogP contribution in [0.4, 0.5) is 0 Å². The van der Waals surface area contributed by atoms with E-state index < -0.39 is 9.84 Å². The van der Waals surface area contributed by atoms with Crippen LogP contribution in [0.15, 0.2) is 24.3 Å². The van der Waals surface area contributed by atoms with Crippen LogP contribution in [0.2, 0.25) is 0 Å². The average molecular weight is 352 g/mol. The second-order valence-electron chi connectivity index (χ2n) is 6.47. The Labute approximate surface area is 143 Å². The highest BCUT2D eigenvalue weighted by molar-refractivity contribution is 7.91. The summed E-state index contributed by atoms with van der Waals surface area (Å²) in [6.07, 6.45) is 0. The largest absolute Gasteiger partial charge is 0.494 e. The zero-order valence-corrected chi connectivity index (χ0v) is 15.0. The van der Waals surface area contributed by atoms with E-state index in [0.29, 0.717) is 26.2 Å². The number of nitrogens with zero attached hydrogens (tertiary/aromatic N) is 2. The van der Waals surface area contributed by atoms with Crippen molar-refractivity contribution in [1.82, 2.24) is 9.80 Å². The minimum absolute atomic E-state index is 0.0391. The highest BCUT2D eigenvalue weighted by atomic mass is 32.2. The third-order valence-corrected chi connectivity index (χ3v) is 6.51. The number of hydrogen-bond donors (Lipinski definition) is 0. The molecule has 2 heterocycles. The predicted molar refractivity (Wildman–Crippen MR) is 91.6 cm³/mol. The minimum Gasteiger partial charge on any atom is -0.494 e. The Balaban J connectivity index is 1.75. The van der Waals surface area contributed by atoms with Gasteiger partial charge in [0.15, 0.2) is 9.84 Å². The maximum absolute atomic E-state index is 12.1. The molecule has 0 aliphatic carbocycles. The van der Waals surface area contributed by atoms with E-state index in [1.54, 1.807) is 4.90 Å². The fourth-order valence-electron chi connectivity index (χ4n) is 3.70. The number of fused-ring (bicyclic) bond motifs is 1. The summed E-state index contributed by atoms with van der Waals surface area (Å²) < 4.78 is 29.6. The first-order chi connectivity index (χ1) is 11.4. The molecule has 2 saturated heterocycles. The van der Waals surface area contributed by atoms with Crippen molar-refractivity contribution in [2.45, 2.75) is 32.5 Å². The highest BCUT2D eigenvalue weighted by Gasteiger charge is 2.47. The van der Waals surface area contributed by atoms with Gasteiger partial charge in [0.1, 0.15) is 5.75 Å². The van der Waals surface area contributed by atoms with E-state index in [-0.39, 0.29) is 29.5 Å². The second kappa shape index (κ2) is 6.72. The zero-order valence-electron chi connectivity index (χ0n) is 14.1. The maximum Gasteiger partial charge on any atom is 0.219 e. The Morgan fingerprint density at radius 2 is 1.83 bits per heavy atom. The van der Waals surface area contributed by atoms with E-state index in [0.717, 1.165) is 11.3 Å². The monoisotopic (exact) mass is 352 g/mol. The van der Waals surface area contributed by atoms with Crippen molar-refractivity contribution >= 4 is 15.7 Å². The van der Waals surface area contributed by atoms with Crippen LogP contribution in [0.1, 0.15) is 19.4 Å². The smallest absolute Gasteiger partial charge is 0.219 e. The number of carbonyl (C=O) groups excluding carboxylic acids is 1. The summed E-state index contributed by atoms with van der Waals surface area (Å²) in [5.74, 6) is 1.02. The summed E-state index contributed by atoms with van der Waals surface area (Å²) in [5.41, 5.74) is 1.12. The molecule has 3 rings (SSSR count). The van der Waals surface area contributed by atoms with Crippen LogP contribution in [0, 0.1) is 0 Å². The number of benzene rings is 1. The van der Waals surface area contributed by atoms with Gasteiger partial charge in [-0.2, -0.15) is 0 Å². The van der Waals surface area contributed by atoms with E-state index in [1.807, 2.05) is 31.2 Å². The molecule has 0 spiro atoms. The quantitative estimate of drug-likeness (QED) is 0.806. The molecular weight excluding hydrogens is 328 g/mol. The van der Waals surface area contributed by atoms with Crippen molar-refractivity contribution in [2.24, 2.45) is 0 Å². The van der Waals surface area contributed by atoms with Gasteiger partial charge in [-0.25, -0.2) is 8.42 Å². The average Bonchev–Trinajstić information content (AvgIpc) is 2.84. The van der Waals surface area contributed by atoms with Crippen molar-refractivity contribution < 1.29 is 17.9 Å². The lowest BCUT2D eigenvalue weighted by molar-refractivity contribution is -0.134. The van der Waals surface area contributed by atoms with Gasteiger partial charge in [0.05, 0.1) is 24.2 Å². The second-order valence-corrected chi connectivity index (χ2v) is 8.63. The van der Waals surface area contributed by atoms with Gasteiger partial charge in [-0.3, -0.25) is 9.69 Å². The number of piperazine rings is 1. The first-order valence-corrected chi connectivity index (χ1v) is 10.1. The standard InChI is InChI=1S/C17H24N2O4S/c1-3-23-15-6-4-14(5-7-15)10-18-8-9-19(13(2)20)17-12-24(21,22)11-16(17)18/h4-7,16-17H,3,8-12H2,1-2H3/t16-,17+/m0/s1. The summed E-state index contributed by atoms with van der Waals surface area (Å²) in [6, 6.07) is 7.58. The summed E-state index contributed by atoms with van der Waals surface area (Å²) in [6.45, 7) is 6.07. The predicted octanol–water partition coefficient (Wildman–Crippen LogP) is 0.915. The Bertz CT molecular complexity index is 702. The van der Waals surface area contributed by atoms with Gasteiger partial charge in [0.25, 0.3) is 0 Å². The lowest BCUT2D eigenvalue weighted by atomic mass is 10.0. The van der Waals surface area contributed by atoms with Gasteiger partial charge in [-0.15, -0.1) is 0 Å². The van der Waals surface area contributed by atoms with Gasteiger partial charge in [0, 0.05) is 32.6 Å². The highest BCUT2D eigenvalue weighted by Crippen LogP contribution is 2.28. The molecule has 1 aromatic carbocycles. The molecular formula is C17H24N2O4S. The van der Waals surface area contributed by atoms with Crippen molar-refractivity contribution in [3.8, 4) is 5.75 Å². The molecule has 0 aromatic heterocycles. The molecule has 2 aliphatic rings. The van der Waals surface area contributed by atoms with Crippen LogP contribution in [0.5, 0.6) is 5.75 Å². The summed E-state index contributed by atoms with van der Waals surface area (Å²) in [4.78, 5) is 15.7. The minimum atomic E-state index is -3.09. The van der Waals surface area contributed by atoms with Crippen molar-refractivity contribution in [3.63, 3.8) is 0 Å². The van der Waals surface area contributed by atoms with Crippen LogP contribution in [-0.4, -0.2) is 67.4 Å². The molecule has 1 aromatic rings. The third-order valence-electron chi connectivity index (χ3n) is 4.82. The molecule has 0 unspecified atom stereocenters. The molecule has 0 bridgehead atoms. The van der Waals surface area contributed by atoms with E-state index >= 15 is 0 Å². The molecule has 0 radical (unpaired) electrons. The van der Waals surface area contributed by atoms with Gasteiger partial charge in [-0.05, 0) is 24.6 Å². The summed E-state index contributed by atoms with van der Waals surface area (Å²) in [7, 11) is -3.09. The van der Waals surface area contributed by atoms with Crippen LogP contribution in [-0.2, 0) is 21.2 Å². The Morgan fingerprint density at radius 1 is 1.17 bits per heavy atom. The molecule has 2 aliphatic heterocycles. The fraction of sp³-hybridized carbons (Fsp3) is 0.588. The summed E-state index contributed by atoms with van der Waals surface area (Å²) in [5, 5.41) is 0. The Hall–Kier alpha value is -1.60. The van der Waals surface area contributed by atoms with E-state index in [1.165, 1.54) is 6.92 Å². The van der Waals surface area contributed by atoms with Crippen LogP contribution < -0.4 is 4.74 Å². The number of hydrogen-bond acceptors (Lipinski definition) is 5. The van der Waals surface area contributed by atoms with Crippen LogP contribution in [0.25, 0.3) is 0 Å². The van der Waals surface area contributed by atoms with Gasteiger partial charge >= 0.3 is 0 Å². The molecule has 24 heavy (non-hydrogen) atoms. The Morgan fingerprint density at radius 3 is 2.46 bits per heavy atom. The van der Waals surface area contributed by atoms with Crippen LogP contribution in [0.3, 0.4) is 0 Å². The van der Waals surface area contributed by atoms with Gasteiger partial charge in [-0.1, -0.05) is 12.1 Å². The van der Waals surface area contributed by atoms with Gasteiger partial charge in [0.2, 0.25) is 5.91 Å². The molecule has 0 saturated carbocycles. The molecule has 7 heteroatoms. The van der Waals surface area contributed by atoms with Crippen molar-refractivity contribution in [1.29, 1.82) is 0 Å². The van der Waals surface area contributed by atoms with Crippen molar-refractivity contribution in [2.75, 3.05) is 31.2 Å². The number of ether oxygens (including phenoxy) is 1. The zero-order chi connectivity index (χ0) is 17.3. The first kappa shape index (κ1) is 17.2.